The van der Waals surface area contributed by atoms with Crippen molar-refractivity contribution < 1.29 is 0 Å². The summed E-state index contributed by atoms with van der Waals surface area (Å²) < 4.78 is 0. The highest BCUT2D eigenvalue weighted by molar-refractivity contribution is 4.95. The van der Waals surface area contributed by atoms with Crippen molar-refractivity contribution in [3.8, 4) is 0 Å². The molecule has 1 aliphatic carbocycles. The highest BCUT2D eigenvalue weighted by Gasteiger charge is 2.45. The van der Waals surface area contributed by atoms with Gasteiger partial charge in [-0.3, -0.25) is 0 Å². The second kappa shape index (κ2) is 4.48. The van der Waals surface area contributed by atoms with E-state index in [1.54, 1.807) is 0 Å². The zero-order valence-electron chi connectivity index (χ0n) is 9.90. The minimum absolute atomic E-state index is 0.694. The van der Waals surface area contributed by atoms with Crippen LogP contribution >= 0.6 is 0 Å². The molecule has 0 radical (unpaired) electrons. The summed E-state index contributed by atoms with van der Waals surface area (Å²) in [5.74, 6) is 2.07. The fourth-order valence-corrected chi connectivity index (χ4v) is 2.36. The maximum atomic E-state index is 2.42. The number of unbranched alkanes of at least 4 members (excludes halogenated alkanes) is 1. The average Bonchev–Trinajstić information content (AvgIpc) is 2.67. The van der Waals surface area contributed by atoms with Gasteiger partial charge in [-0.05, 0) is 30.1 Å². The van der Waals surface area contributed by atoms with E-state index in [0.29, 0.717) is 5.41 Å². The van der Waals surface area contributed by atoms with Crippen LogP contribution in [0.25, 0.3) is 0 Å². The van der Waals surface area contributed by atoms with E-state index in [2.05, 4.69) is 27.7 Å². The van der Waals surface area contributed by atoms with E-state index in [1.165, 1.54) is 38.5 Å². The molecule has 0 amide bonds. The van der Waals surface area contributed by atoms with Gasteiger partial charge in [0.15, 0.2) is 0 Å². The second-order valence-corrected chi connectivity index (χ2v) is 5.54. The smallest absolute Gasteiger partial charge is 0.0323 e. The van der Waals surface area contributed by atoms with E-state index in [0.717, 1.165) is 11.8 Å². The van der Waals surface area contributed by atoms with Crippen LogP contribution in [-0.4, -0.2) is 0 Å². The molecule has 0 nitrogen and oxygen atoms in total. The van der Waals surface area contributed by atoms with E-state index < -0.39 is 0 Å². The summed E-state index contributed by atoms with van der Waals surface area (Å²) in [4.78, 5) is 0. The van der Waals surface area contributed by atoms with Gasteiger partial charge in [0.1, 0.15) is 0 Å². The van der Waals surface area contributed by atoms with Crippen LogP contribution in [0.2, 0.25) is 0 Å². The number of hydrogen-bond donors (Lipinski definition) is 0. The largest absolute Gasteiger partial charge is 0.0654 e. The second-order valence-electron chi connectivity index (χ2n) is 5.54. The SMILES string of the molecule is CCCCC(CC)CC1CC1(C)C. The molecular formula is C13H26. The van der Waals surface area contributed by atoms with Crippen molar-refractivity contribution in [2.24, 2.45) is 17.3 Å². The summed E-state index contributed by atoms with van der Waals surface area (Å²) in [6, 6.07) is 0. The van der Waals surface area contributed by atoms with Gasteiger partial charge in [-0.1, -0.05) is 53.4 Å². The minimum Gasteiger partial charge on any atom is -0.0654 e. The Morgan fingerprint density at radius 3 is 2.31 bits per heavy atom. The normalized spacial score (nSPS) is 27.2. The Labute approximate surface area is 84.1 Å². The topological polar surface area (TPSA) is 0 Å². The summed E-state index contributed by atoms with van der Waals surface area (Å²) in [6.45, 7) is 9.50. The van der Waals surface area contributed by atoms with Crippen LogP contribution in [-0.2, 0) is 0 Å². The van der Waals surface area contributed by atoms with Gasteiger partial charge in [-0.25, -0.2) is 0 Å². The quantitative estimate of drug-likeness (QED) is 0.561. The van der Waals surface area contributed by atoms with Gasteiger partial charge in [0.2, 0.25) is 0 Å². The monoisotopic (exact) mass is 182 g/mol. The third-order valence-electron chi connectivity index (χ3n) is 3.88. The highest BCUT2D eigenvalue weighted by atomic mass is 14.5. The number of hydrogen-bond acceptors (Lipinski definition) is 0. The molecule has 1 rings (SSSR count). The maximum Gasteiger partial charge on any atom is -0.0323 e. The van der Waals surface area contributed by atoms with E-state index in [1.807, 2.05) is 0 Å². The predicted molar refractivity (Wildman–Crippen MR) is 59.8 cm³/mol. The van der Waals surface area contributed by atoms with Gasteiger partial charge in [-0.2, -0.15) is 0 Å². The summed E-state index contributed by atoms with van der Waals surface area (Å²) in [6.07, 6.45) is 8.65. The molecular weight excluding hydrogens is 156 g/mol. The van der Waals surface area contributed by atoms with E-state index >= 15 is 0 Å². The van der Waals surface area contributed by atoms with Crippen molar-refractivity contribution in [1.29, 1.82) is 0 Å². The first-order chi connectivity index (χ1) is 6.10. The molecule has 0 spiro atoms. The Hall–Kier alpha value is 0. The fourth-order valence-electron chi connectivity index (χ4n) is 2.36. The van der Waals surface area contributed by atoms with Crippen LogP contribution in [0.3, 0.4) is 0 Å². The lowest BCUT2D eigenvalue weighted by Gasteiger charge is -2.14. The summed E-state index contributed by atoms with van der Waals surface area (Å²) in [5, 5.41) is 0. The van der Waals surface area contributed by atoms with Crippen molar-refractivity contribution in [1.82, 2.24) is 0 Å². The molecule has 13 heavy (non-hydrogen) atoms. The Morgan fingerprint density at radius 2 is 1.92 bits per heavy atom. The molecule has 0 aromatic heterocycles. The lowest BCUT2D eigenvalue weighted by Crippen LogP contribution is -2.02. The molecule has 0 heterocycles. The average molecular weight is 182 g/mol. The Morgan fingerprint density at radius 1 is 1.31 bits per heavy atom. The predicted octanol–water partition coefficient (Wildman–Crippen LogP) is 4.64. The van der Waals surface area contributed by atoms with Crippen molar-refractivity contribution in [3.05, 3.63) is 0 Å². The van der Waals surface area contributed by atoms with Gasteiger partial charge in [0, 0.05) is 0 Å². The van der Waals surface area contributed by atoms with Gasteiger partial charge < -0.3 is 0 Å². The van der Waals surface area contributed by atoms with Crippen LogP contribution in [0.4, 0.5) is 0 Å². The Balaban J connectivity index is 2.17. The Bertz CT molecular complexity index is 146. The highest BCUT2D eigenvalue weighted by Crippen LogP contribution is 2.55. The molecule has 1 saturated carbocycles. The first-order valence-electron chi connectivity index (χ1n) is 6.10. The molecule has 78 valence electrons. The molecule has 0 aromatic rings. The third-order valence-corrected chi connectivity index (χ3v) is 3.88. The standard InChI is InChI=1S/C13H26/c1-5-7-8-11(6-2)9-12-10-13(12,3)4/h11-12H,5-10H2,1-4H3. The zero-order chi connectivity index (χ0) is 9.90. The zero-order valence-corrected chi connectivity index (χ0v) is 9.90. The Kier molecular flexibility index (Phi) is 3.82. The minimum atomic E-state index is 0.694. The lowest BCUT2D eigenvalue weighted by molar-refractivity contribution is 0.372. The maximum absolute atomic E-state index is 2.42. The molecule has 0 saturated heterocycles. The first kappa shape index (κ1) is 11.1. The van der Waals surface area contributed by atoms with Crippen LogP contribution in [0, 0.1) is 17.3 Å². The van der Waals surface area contributed by atoms with E-state index in [-0.39, 0.29) is 0 Å². The third kappa shape index (κ3) is 3.32. The number of rotatable bonds is 6. The van der Waals surface area contributed by atoms with Crippen LogP contribution in [0.15, 0.2) is 0 Å². The van der Waals surface area contributed by atoms with E-state index in [4.69, 9.17) is 0 Å². The summed E-state index contributed by atoms with van der Waals surface area (Å²) >= 11 is 0. The molecule has 0 aromatic carbocycles. The van der Waals surface area contributed by atoms with Crippen LogP contribution in [0.1, 0.15) is 66.2 Å². The molecule has 0 heteroatoms. The molecule has 0 aliphatic heterocycles. The molecule has 1 aliphatic rings. The molecule has 2 atom stereocenters. The van der Waals surface area contributed by atoms with Crippen molar-refractivity contribution >= 4 is 0 Å². The lowest BCUT2D eigenvalue weighted by atomic mass is 9.91. The van der Waals surface area contributed by atoms with Crippen LogP contribution in [0.5, 0.6) is 0 Å². The molecule has 1 fully saturated rings. The molecule has 0 N–H and O–H groups in total. The van der Waals surface area contributed by atoms with Crippen molar-refractivity contribution in [2.75, 3.05) is 0 Å². The molecule has 2 unspecified atom stereocenters. The van der Waals surface area contributed by atoms with Crippen molar-refractivity contribution in [2.45, 2.75) is 66.2 Å². The summed E-state index contributed by atoms with van der Waals surface area (Å²) in [5.41, 5.74) is 0.694. The first-order valence-corrected chi connectivity index (χ1v) is 6.10. The van der Waals surface area contributed by atoms with E-state index in [9.17, 15) is 0 Å². The van der Waals surface area contributed by atoms with Crippen LogP contribution < -0.4 is 0 Å². The van der Waals surface area contributed by atoms with Crippen molar-refractivity contribution in [3.63, 3.8) is 0 Å². The summed E-state index contributed by atoms with van der Waals surface area (Å²) in [7, 11) is 0. The van der Waals surface area contributed by atoms with Gasteiger partial charge in [0.25, 0.3) is 0 Å². The fraction of sp³-hybridized carbons (Fsp3) is 1.00. The van der Waals surface area contributed by atoms with Gasteiger partial charge >= 0.3 is 0 Å². The van der Waals surface area contributed by atoms with Gasteiger partial charge in [0.05, 0.1) is 0 Å². The molecule has 0 bridgehead atoms. The van der Waals surface area contributed by atoms with Gasteiger partial charge in [-0.15, -0.1) is 0 Å².